The van der Waals surface area contributed by atoms with Crippen molar-refractivity contribution in [3.63, 3.8) is 0 Å². The second-order valence-electron chi connectivity index (χ2n) is 4.01. The van der Waals surface area contributed by atoms with Crippen LogP contribution in [0.5, 0.6) is 5.75 Å². The number of rotatable bonds is 4. The van der Waals surface area contributed by atoms with Crippen LogP contribution in [0.2, 0.25) is 0 Å². The first kappa shape index (κ1) is 13.5. The second-order valence-corrected chi connectivity index (χ2v) is 4.01. The second kappa shape index (κ2) is 5.79. The summed E-state index contributed by atoms with van der Waals surface area (Å²) < 4.78 is 5.55. The Bertz CT molecular complexity index is 662. The Kier molecular flexibility index (Phi) is 3.91. The molecule has 100 valence electrons. The lowest BCUT2D eigenvalue weighted by Gasteiger charge is -2.05. The third kappa shape index (κ3) is 3.08. The molecule has 0 amide bonds. The third-order valence-corrected chi connectivity index (χ3v) is 2.60. The summed E-state index contributed by atoms with van der Waals surface area (Å²) in [5.74, 6) is -0.271. The van der Waals surface area contributed by atoms with Crippen LogP contribution in [0.3, 0.4) is 0 Å². The fraction of sp³-hybridized carbons (Fsp3) is 0. The predicted molar refractivity (Wildman–Crippen MR) is 73.6 cm³/mol. The highest BCUT2D eigenvalue weighted by molar-refractivity contribution is 5.91. The van der Waals surface area contributed by atoms with Crippen molar-refractivity contribution >= 4 is 24.7 Å². The van der Waals surface area contributed by atoms with Gasteiger partial charge in [0.15, 0.2) is 0 Å². The monoisotopic (exact) mass is 269 g/mol. The van der Waals surface area contributed by atoms with E-state index in [-0.39, 0.29) is 11.3 Å². The van der Waals surface area contributed by atoms with Crippen molar-refractivity contribution in [2.24, 2.45) is 0 Å². The van der Waals surface area contributed by atoms with Crippen LogP contribution in [0, 0.1) is 5.21 Å². The zero-order valence-electron chi connectivity index (χ0n) is 10.5. The van der Waals surface area contributed by atoms with Crippen LogP contribution in [-0.2, 0) is 0 Å². The molecule has 0 aliphatic heterocycles. The molecule has 2 aromatic rings. The molecule has 0 unspecified atom stereocenters. The van der Waals surface area contributed by atoms with Crippen molar-refractivity contribution in [1.82, 2.24) is 0 Å². The van der Waals surface area contributed by atoms with Gasteiger partial charge in [0.25, 0.3) is 0 Å². The first-order chi connectivity index (χ1) is 9.60. The normalized spacial score (nSPS) is 9.80. The molecule has 0 fully saturated rings. The number of nitrogens with zero attached hydrogens (tertiary/aromatic N) is 1. The number of hydrogen-bond acceptors (Lipinski definition) is 4. The van der Waals surface area contributed by atoms with E-state index in [1.807, 2.05) is 0 Å². The van der Waals surface area contributed by atoms with Gasteiger partial charge in [-0.2, -0.15) is 4.74 Å². The number of benzene rings is 2. The quantitative estimate of drug-likeness (QED) is 0.163. The highest BCUT2D eigenvalue weighted by Gasteiger charge is 2.11. The van der Waals surface area contributed by atoms with Crippen LogP contribution >= 0.6 is 0 Å². The maximum absolute atomic E-state index is 11.9. The summed E-state index contributed by atoms with van der Waals surface area (Å²) in [5.41, 5.74) is 0.994. The fourth-order valence-corrected chi connectivity index (χ4v) is 1.57. The molecule has 20 heavy (non-hydrogen) atoms. The van der Waals surface area contributed by atoms with E-state index in [9.17, 15) is 14.8 Å². The van der Waals surface area contributed by atoms with E-state index in [4.69, 9.17) is 4.74 Å². The van der Waals surface area contributed by atoms with Gasteiger partial charge in [0.1, 0.15) is 18.8 Å². The number of hydrogen-bond donors (Lipinski definition) is 0. The summed E-state index contributed by atoms with van der Waals surface area (Å²) in [5, 5.41) is 11.1. The predicted octanol–water partition coefficient (Wildman–Crippen LogP) is 2.56. The van der Waals surface area contributed by atoms with Gasteiger partial charge in [-0.1, -0.05) is 6.07 Å². The van der Waals surface area contributed by atoms with Gasteiger partial charge in [-0.15, -0.1) is 0 Å². The van der Waals surface area contributed by atoms with Gasteiger partial charge in [0, 0.05) is 17.7 Å². The fourth-order valence-electron chi connectivity index (χ4n) is 1.57. The summed E-state index contributed by atoms with van der Waals surface area (Å²) in [4.78, 5) is 22.4. The highest BCUT2D eigenvalue weighted by Crippen LogP contribution is 2.16. The van der Waals surface area contributed by atoms with Crippen molar-refractivity contribution in [3.8, 4) is 5.75 Å². The molecule has 0 aliphatic rings. The molecular formula is C15H11NO4. The van der Waals surface area contributed by atoms with Crippen molar-refractivity contribution in [3.05, 3.63) is 64.9 Å². The van der Waals surface area contributed by atoms with Crippen LogP contribution in [-0.4, -0.2) is 23.7 Å². The summed E-state index contributed by atoms with van der Waals surface area (Å²) >= 11 is 0. The van der Waals surface area contributed by atoms with Crippen LogP contribution < -0.4 is 4.74 Å². The highest BCUT2D eigenvalue weighted by atomic mass is 16.5. The van der Waals surface area contributed by atoms with Crippen LogP contribution in [0.1, 0.15) is 20.7 Å². The topological polar surface area (TPSA) is 69.4 Å². The van der Waals surface area contributed by atoms with Gasteiger partial charge in [-0.05, 0) is 30.3 Å². The standard InChI is InChI=1S/C15H11NO4/c1-16(19)13-4-2-3-12(9-13)15(18)20-14-7-5-11(10-17)6-8-14/h2-10H,1H2. The Morgan fingerprint density at radius 2 is 1.90 bits per heavy atom. The first-order valence-electron chi connectivity index (χ1n) is 5.75. The van der Waals surface area contributed by atoms with Crippen molar-refractivity contribution < 1.29 is 19.1 Å². The zero-order valence-corrected chi connectivity index (χ0v) is 10.5. The van der Waals surface area contributed by atoms with E-state index < -0.39 is 5.97 Å². The van der Waals surface area contributed by atoms with Crippen LogP contribution in [0.15, 0.2) is 48.5 Å². The lowest BCUT2D eigenvalue weighted by atomic mass is 10.2. The molecule has 0 saturated heterocycles. The minimum Gasteiger partial charge on any atom is -0.619 e. The molecule has 0 aliphatic carbocycles. The molecule has 0 heterocycles. The molecule has 5 nitrogen and oxygen atoms in total. The zero-order chi connectivity index (χ0) is 14.5. The summed E-state index contributed by atoms with van der Waals surface area (Å²) in [6.07, 6.45) is 0.701. The Balaban J connectivity index is 2.16. The molecule has 2 aromatic carbocycles. The van der Waals surface area contributed by atoms with Crippen LogP contribution in [0.25, 0.3) is 0 Å². The largest absolute Gasteiger partial charge is 0.619 e. The summed E-state index contributed by atoms with van der Waals surface area (Å²) in [6, 6.07) is 12.2. The van der Waals surface area contributed by atoms with Crippen LogP contribution in [0.4, 0.5) is 5.69 Å². The van der Waals surface area contributed by atoms with Crippen molar-refractivity contribution in [1.29, 1.82) is 0 Å². The molecule has 0 radical (unpaired) electrons. The molecule has 0 atom stereocenters. The van der Waals surface area contributed by atoms with E-state index in [1.165, 1.54) is 30.3 Å². The van der Waals surface area contributed by atoms with Gasteiger partial charge in [0.05, 0.1) is 5.56 Å². The van der Waals surface area contributed by atoms with E-state index >= 15 is 0 Å². The average molecular weight is 269 g/mol. The van der Waals surface area contributed by atoms with Gasteiger partial charge in [-0.25, -0.2) is 4.79 Å². The smallest absolute Gasteiger partial charge is 0.343 e. The van der Waals surface area contributed by atoms with Gasteiger partial charge in [-0.3, -0.25) is 4.79 Å². The maximum Gasteiger partial charge on any atom is 0.343 e. The molecule has 0 aromatic heterocycles. The molecule has 0 bridgehead atoms. The number of ether oxygens (including phenoxy) is 1. The molecule has 0 saturated carbocycles. The minimum absolute atomic E-state index is 0.242. The van der Waals surface area contributed by atoms with Gasteiger partial charge >= 0.3 is 5.97 Å². The maximum atomic E-state index is 11.9. The lowest BCUT2D eigenvalue weighted by Crippen LogP contribution is -2.08. The Morgan fingerprint density at radius 1 is 1.20 bits per heavy atom. The average Bonchev–Trinajstić information content (AvgIpc) is 2.48. The molecule has 2 rings (SSSR count). The third-order valence-electron chi connectivity index (χ3n) is 2.60. The van der Waals surface area contributed by atoms with E-state index in [0.29, 0.717) is 22.3 Å². The van der Waals surface area contributed by atoms with Crippen molar-refractivity contribution in [2.45, 2.75) is 0 Å². The van der Waals surface area contributed by atoms with E-state index in [0.717, 1.165) is 0 Å². The van der Waals surface area contributed by atoms with Gasteiger partial charge < -0.3 is 9.94 Å². The van der Waals surface area contributed by atoms with Crippen molar-refractivity contribution in [2.75, 3.05) is 0 Å². The summed E-state index contributed by atoms with van der Waals surface area (Å²) in [6.45, 7) is 3.20. The van der Waals surface area contributed by atoms with Gasteiger partial charge in [0.2, 0.25) is 5.69 Å². The lowest BCUT2D eigenvalue weighted by molar-refractivity contribution is -0.349. The Labute approximate surface area is 115 Å². The number of carbonyl (C=O) groups excluding carboxylic acids is 2. The molecule has 0 spiro atoms. The molecule has 5 heteroatoms. The molecule has 0 N–H and O–H groups in total. The minimum atomic E-state index is -0.590. The Hall–Kier alpha value is -2.95. The SMILES string of the molecule is C=[N+]([O-])c1cccc(C(=O)Oc2ccc(C=O)cc2)c1. The number of aldehydes is 1. The molecular weight excluding hydrogens is 258 g/mol. The number of carbonyl (C=O) groups is 2. The Morgan fingerprint density at radius 3 is 2.50 bits per heavy atom. The number of esters is 1. The first-order valence-corrected chi connectivity index (χ1v) is 5.75. The summed E-state index contributed by atoms with van der Waals surface area (Å²) in [7, 11) is 0. The van der Waals surface area contributed by atoms with E-state index in [2.05, 4.69) is 6.72 Å². The van der Waals surface area contributed by atoms with E-state index in [1.54, 1.807) is 18.2 Å².